The zero-order valence-electron chi connectivity index (χ0n) is 15.5. The lowest BCUT2D eigenvalue weighted by Crippen LogP contribution is -2.34. The van der Waals surface area contributed by atoms with Crippen molar-refractivity contribution >= 4 is 40.4 Å². The average molecular weight is 407 g/mol. The minimum Gasteiger partial charge on any atom is -0.339 e. The number of rotatable bonds is 4. The molecule has 1 aliphatic rings. The third kappa shape index (κ3) is 3.41. The first kappa shape index (κ1) is 18.9. The monoisotopic (exact) mass is 406 g/mol. The summed E-state index contributed by atoms with van der Waals surface area (Å²) in [5.41, 5.74) is 2.16. The fourth-order valence-corrected chi connectivity index (χ4v) is 3.44. The Hall–Kier alpha value is -3.44. The predicted molar refractivity (Wildman–Crippen MR) is 112 cm³/mol. The molecule has 144 valence electrons. The number of likely N-dealkylation sites (N-methyl/N-ethyl adjacent to an activating group) is 1. The summed E-state index contributed by atoms with van der Waals surface area (Å²) in [4.78, 5) is 29.4. The summed E-state index contributed by atoms with van der Waals surface area (Å²) in [7, 11) is 1.74. The zero-order chi connectivity index (χ0) is 20.5. The van der Waals surface area contributed by atoms with Gasteiger partial charge in [0.25, 0.3) is 11.8 Å². The van der Waals surface area contributed by atoms with Gasteiger partial charge in [0.2, 0.25) is 0 Å². The SMILES string of the molecule is CN(C1=C(c2ccc(Cl)cc2)C(=O)N(c2ccc(F)cc2)C1=O)c1ccccc1. The van der Waals surface area contributed by atoms with Gasteiger partial charge in [-0.05, 0) is 54.1 Å². The minimum atomic E-state index is -0.474. The van der Waals surface area contributed by atoms with E-state index in [0.29, 0.717) is 16.3 Å². The van der Waals surface area contributed by atoms with Crippen molar-refractivity contribution in [3.63, 3.8) is 0 Å². The Morgan fingerprint density at radius 1 is 0.828 bits per heavy atom. The molecule has 1 aliphatic heterocycles. The summed E-state index contributed by atoms with van der Waals surface area (Å²) in [6.07, 6.45) is 0. The van der Waals surface area contributed by atoms with E-state index in [1.54, 1.807) is 36.2 Å². The van der Waals surface area contributed by atoms with Crippen LogP contribution in [-0.4, -0.2) is 18.9 Å². The van der Waals surface area contributed by atoms with E-state index in [-0.39, 0.29) is 11.3 Å². The molecule has 4 nitrogen and oxygen atoms in total. The Kier molecular flexibility index (Phi) is 4.91. The van der Waals surface area contributed by atoms with Crippen molar-refractivity contribution in [2.24, 2.45) is 0 Å². The smallest absolute Gasteiger partial charge is 0.282 e. The molecular formula is C23H16ClFN2O2. The number of amides is 2. The molecule has 3 aromatic carbocycles. The summed E-state index contributed by atoms with van der Waals surface area (Å²) < 4.78 is 13.4. The highest BCUT2D eigenvalue weighted by Gasteiger charge is 2.42. The fourth-order valence-electron chi connectivity index (χ4n) is 3.31. The van der Waals surface area contributed by atoms with Crippen molar-refractivity contribution in [2.45, 2.75) is 0 Å². The molecule has 0 saturated heterocycles. The predicted octanol–water partition coefficient (Wildman–Crippen LogP) is 4.90. The number of hydrogen-bond donors (Lipinski definition) is 0. The van der Waals surface area contributed by atoms with Crippen LogP contribution in [0.2, 0.25) is 5.02 Å². The first-order valence-corrected chi connectivity index (χ1v) is 9.28. The highest BCUT2D eigenvalue weighted by Crippen LogP contribution is 2.36. The van der Waals surface area contributed by atoms with Gasteiger partial charge in [0.15, 0.2) is 0 Å². The number of para-hydroxylation sites is 1. The molecule has 0 spiro atoms. The summed E-state index contributed by atoms with van der Waals surface area (Å²) in [5.74, 6) is -1.39. The van der Waals surface area contributed by atoms with Crippen LogP contribution in [0.3, 0.4) is 0 Å². The molecule has 6 heteroatoms. The maximum absolute atomic E-state index is 13.4. The summed E-state index contributed by atoms with van der Waals surface area (Å²) in [6.45, 7) is 0. The maximum atomic E-state index is 13.4. The average Bonchev–Trinajstić information content (AvgIpc) is 3.00. The van der Waals surface area contributed by atoms with Crippen molar-refractivity contribution in [2.75, 3.05) is 16.8 Å². The van der Waals surface area contributed by atoms with Crippen LogP contribution in [0.25, 0.3) is 5.57 Å². The second kappa shape index (κ2) is 7.53. The number of hydrogen-bond acceptors (Lipinski definition) is 3. The van der Waals surface area contributed by atoms with Gasteiger partial charge in [-0.25, -0.2) is 9.29 Å². The van der Waals surface area contributed by atoms with Gasteiger partial charge >= 0.3 is 0 Å². The zero-order valence-corrected chi connectivity index (χ0v) is 16.2. The van der Waals surface area contributed by atoms with Gasteiger partial charge in [0.05, 0.1) is 11.3 Å². The number of imide groups is 1. The largest absolute Gasteiger partial charge is 0.339 e. The maximum Gasteiger partial charge on any atom is 0.282 e. The molecule has 0 atom stereocenters. The van der Waals surface area contributed by atoms with Crippen LogP contribution in [0.5, 0.6) is 0 Å². The molecule has 4 rings (SSSR count). The number of carbonyl (C=O) groups excluding carboxylic acids is 2. The highest BCUT2D eigenvalue weighted by molar-refractivity contribution is 6.46. The molecule has 1 heterocycles. The number of anilines is 2. The van der Waals surface area contributed by atoms with Gasteiger partial charge in [0, 0.05) is 17.8 Å². The summed E-state index contributed by atoms with van der Waals surface area (Å²) in [6, 6.07) is 21.3. The molecular weight excluding hydrogens is 391 g/mol. The van der Waals surface area contributed by atoms with Crippen molar-refractivity contribution < 1.29 is 14.0 Å². The quantitative estimate of drug-likeness (QED) is 0.578. The third-order valence-electron chi connectivity index (χ3n) is 4.76. The fraction of sp³-hybridized carbons (Fsp3) is 0.0435. The molecule has 0 unspecified atom stereocenters. The van der Waals surface area contributed by atoms with Crippen LogP contribution in [-0.2, 0) is 9.59 Å². The van der Waals surface area contributed by atoms with E-state index in [2.05, 4.69) is 0 Å². The molecule has 0 saturated carbocycles. The van der Waals surface area contributed by atoms with Crippen molar-refractivity contribution in [1.29, 1.82) is 0 Å². The van der Waals surface area contributed by atoms with Gasteiger partial charge in [0.1, 0.15) is 11.5 Å². The second-order valence-corrected chi connectivity index (χ2v) is 6.98. The molecule has 0 fully saturated rings. The van der Waals surface area contributed by atoms with E-state index in [1.165, 1.54) is 24.3 Å². The molecule has 0 aromatic heterocycles. The van der Waals surface area contributed by atoms with Crippen LogP contribution in [0, 0.1) is 5.82 Å². The molecule has 3 aromatic rings. The standard InChI is InChI=1S/C23H16ClFN2O2/c1-26(18-5-3-2-4-6-18)21-20(15-7-9-16(24)10-8-15)22(28)27(23(21)29)19-13-11-17(25)12-14-19/h2-14H,1H3. The molecule has 29 heavy (non-hydrogen) atoms. The van der Waals surface area contributed by atoms with Crippen LogP contribution in [0.15, 0.2) is 84.6 Å². The molecule has 0 bridgehead atoms. The Morgan fingerprint density at radius 2 is 1.45 bits per heavy atom. The topological polar surface area (TPSA) is 40.6 Å². The van der Waals surface area contributed by atoms with Crippen molar-refractivity contribution in [3.8, 4) is 0 Å². The third-order valence-corrected chi connectivity index (χ3v) is 5.01. The second-order valence-electron chi connectivity index (χ2n) is 6.55. The lowest BCUT2D eigenvalue weighted by atomic mass is 10.0. The van der Waals surface area contributed by atoms with Crippen LogP contribution in [0.1, 0.15) is 5.56 Å². The van der Waals surface area contributed by atoms with Gasteiger partial charge in [-0.2, -0.15) is 0 Å². The normalized spacial score (nSPS) is 14.0. The lowest BCUT2D eigenvalue weighted by molar-refractivity contribution is -0.120. The molecule has 2 amide bonds. The number of halogens is 2. The molecule has 0 radical (unpaired) electrons. The first-order chi connectivity index (χ1) is 14.0. The van der Waals surface area contributed by atoms with Gasteiger partial charge in [-0.1, -0.05) is 41.9 Å². The Labute approximate surface area is 172 Å². The lowest BCUT2D eigenvalue weighted by Gasteiger charge is -2.21. The van der Waals surface area contributed by atoms with E-state index >= 15 is 0 Å². The van der Waals surface area contributed by atoms with E-state index in [0.717, 1.165) is 10.6 Å². The minimum absolute atomic E-state index is 0.243. The first-order valence-electron chi connectivity index (χ1n) is 8.90. The molecule has 0 N–H and O–H groups in total. The Morgan fingerprint density at radius 3 is 2.07 bits per heavy atom. The van der Waals surface area contributed by atoms with Crippen LogP contribution in [0.4, 0.5) is 15.8 Å². The Bertz CT molecular complexity index is 1110. The van der Waals surface area contributed by atoms with Crippen LogP contribution >= 0.6 is 11.6 Å². The van der Waals surface area contributed by atoms with Gasteiger partial charge in [-0.15, -0.1) is 0 Å². The van der Waals surface area contributed by atoms with Gasteiger partial charge in [-0.3, -0.25) is 9.59 Å². The van der Waals surface area contributed by atoms with Crippen molar-refractivity contribution in [1.82, 2.24) is 0 Å². The number of nitrogens with zero attached hydrogens (tertiary/aromatic N) is 2. The van der Waals surface area contributed by atoms with E-state index in [4.69, 9.17) is 11.6 Å². The van der Waals surface area contributed by atoms with E-state index < -0.39 is 17.6 Å². The van der Waals surface area contributed by atoms with E-state index in [9.17, 15) is 14.0 Å². The van der Waals surface area contributed by atoms with Gasteiger partial charge < -0.3 is 4.90 Å². The van der Waals surface area contributed by atoms with Crippen molar-refractivity contribution in [3.05, 3.63) is 101 Å². The molecule has 0 aliphatic carbocycles. The summed E-state index contributed by atoms with van der Waals surface area (Å²) >= 11 is 5.99. The number of carbonyl (C=O) groups is 2. The Balaban J connectivity index is 1.87. The van der Waals surface area contributed by atoms with E-state index in [1.807, 2.05) is 30.3 Å². The summed E-state index contributed by atoms with van der Waals surface area (Å²) in [5, 5.41) is 0.527. The van der Waals surface area contributed by atoms with Crippen LogP contribution < -0.4 is 9.80 Å². The number of benzene rings is 3. The highest BCUT2D eigenvalue weighted by atomic mass is 35.5.